The fourth-order valence-electron chi connectivity index (χ4n) is 2.39. The number of nitrogens with one attached hydrogen (secondary N) is 1. The molecule has 1 heterocycles. The van der Waals surface area contributed by atoms with Crippen LogP contribution in [0.3, 0.4) is 0 Å². The molecule has 0 bridgehead atoms. The van der Waals surface area contributed by atoms with E-state index in [4.69, 9.17) is 5.11 Å². The van der Waals surface area contributed by atoms with Crippen molar-refractivity contribution in [2.24, 2.45) is 5.92 Å². The van der Waals surface area contributed by atoms with E-state index in [-0.39, 0.29) is 30.8 Å². The Hall–Kier alpha value is -1.88. The number of likely N-dealkylation sites (tertiary alicyclic amines) is 1. The van der Waals surface area contributed by atoms with E-state index in [0.717, 1.165) is 11.1 Å². The van der Waals surface area contributed by atoms with Crippen LogP contribution in [0.5, 0.6) is 0 Å². The lowest BCUT2D eigenvalue weighted by atomic mass is 10.1. The van der Waals surface area contributed by atoms with E-state index < -0.39 is 0 Å². The van der Waals surface area contributed by atoms with Gasteiger partial charge >= 0.3 is 0 Å². The Balaban J connectivity index is 2.07. The van der Waals surface area contributed by atoms with Crippen LogP contribution in [-0.4, -0.2) is 34.9 Å². The number of hydrogen-bond acceptors (Lipinski definition) is 3. The van der Waals surface area contributed by atoms with Crippen molar-refractivity contribution in [1.29, 1.82) is 0 Å². The summed E-state index contributed by atoms with van der Waals surface area (Å²) >= 11 is 0. The van der Waals surface area contributed by atoms with Crippen LogP contribution in [0.2, 0.25) is 0 Å². The SMILES string of the molecule is CCN1CC(C(=O)Nc2cc(CO)ccc2C)CC1=O. The first-order valence-corrected chi connectivity index (χ1v) is 6.84. The van der Waals surface area contributed by atoms with Crippen LogP contribution in [0.1, 0.15) is 24.5 Å². The van der Waals surface area contributed by atoms with E-state index in [0.29, 0.717) is 18.8 Å². The zero-order valence-corrected chi connectivity index (χ0v) is 11.8. The van der Waals surface area contributed by atoms with E-state index >= 15 is 0 Å². The Bertz CT molecular complexity index is 528. The van der Waals surface area contributed by atoms with Gasteiger partial charge in [-0.2, -0.15) is 0 Å². The van der Waals surface area contributed by atoms with E-state index in [1.54, 1.807) is 11.0 Å². The molecular weight excluding hydrogens is 256 g/mol. The molecule has 5 nitrogen and oxygen atoms in total. The fourth-order valence-corrected chi connectivity index (χ4v) is 2.39. The number of aliphatic hydroxyl groups is 1. The van der Waals surface area contributed by atoms with Crippen molar-refractivity contribution in [3.05, 3.63) is 29.3 Å². The summed E-state index contributed by atoms with van der Waals surface area (Å²) in [6, 6.07) is 5.45. The number of anilines is 1. The number of rotatable bonds is 4. The number of benzene rings is 1. The second-order valence-electron chi connectivity index (χ2n) is 5.13. The van der Waals surface area contributed by atoms with E-state index in [2.05, 4.69) is 5.32 Å². The highest BCUT2D eigenvalue weighted by Crippen LogP contribution is 2.22. The molecule has 1 atom stereocenters. The lowest BCUT2D eigenvalue weighted by Crippen LogP contribution is -2.28. The highest BCUT2D eigenvalue weighted by molar-refractivity contribution is 5.97. The second kappa shape index (κ2) is 6.05. The molecule has 108 valence electrons. The molecule has 1 aliphatic rings. The fraction of sp³-hybridized carbons (Fsp3) is 0.467. The quantitative estimate of drug-likeness (QED) is 0.870. The summed E-state index contributed by atoms with van der Waals surface area (Å²) in [5, 5.41) is 12.0. The number of amides is 2. The third-order valence-electron chi connectivity index (χ3n) is 3.71. The molecular formula is C15H20N2O3. The molecule has 1 aromatic carbocycles. The molecule has 0 aliphatic carbocycles. The van der Waals surface area contributed by atoms with E-state index in [1.807, 2.05) is 26.0 Å². The molecule has 0 spiro atoms. The van der Waals surface area contributed by atoms with Gasteiger partial charge in [-0.3, -0.25) is 9.59 Å². The van der Waals surface area contributed by atoms with Gasteiger partial charge in [0.2, 0.25) is 11.8 Å². The maximum absolute atomic E-state index is 12.2. The molecule has 0 radical (unpaired) electrons. The maximum Gasteiger partial charge on any atom is 0.229 e. The molecule has 1 unspecified atom stereocenters. The highest BCUT2D eigenvalue weighted by atomic mass is 16.3. The summed E-state index contributed by atoms with van der Waals surface area (Å²) in [4.78, 5) is 25.6. The Morgan fingerprint density at radius 2 is 2.25 bits per heavy atom. The van der Waals surface area contributed by atoms with Gasteiger partial charge in [0, 0.05) is 25.2 Å². The van der Waals surface area contributed by atoms with Crippen LogP contribution in [0.15, 0.2) is 18.2 Å². The van der Waals surface area contributed by atoms with Crippen molar-refractivity contribution >= 4 is 17.5 Å². The standard InChI is InChI=1S/C15H20N2O3/c1-3-17-8-12(7-14(17)19)15(20)16-13-6-11(9-18)5-4-10(13)2/h4-6,12,18H,3,7-9H2,1-2H3,(H,16,20). The van der Waals surface area contributed by atoms with Crippen molar-refractivity contribution in [2.45, 2.75) is 26.9 Å². The van der Waals surface area contributed by atoms with Crippen molar-refractivity contribution in [1.82, 2.24) is 4.90 Å². The summed E-state index contributed by atoms with van der Waals surface area (Å²) < 4.78 is 0. The average molecular weight is 276 g/mol. The van der Waals surface area contributed by atoms with Gasteiger partial charge < -0.3 is 15.3 Å². The third-order valence-corrected chi connectivity index (χ3v) is 3.71. The van der Waals surface area contributed by atoms with Gasteiger partial charge in [0.1, 0.15) is 0 Å². The Morgan fingerprint density at radius 3 is 2.85 bits per heavy atom. The van der Waals surface area contributed by atoms with Gasteiger partial charge in [-0.1, -0.05) is 12.1 Å². The monoisotopic (exact) mass is 276 g/mol. The predicted octanol–water partition coefficient (Wildman–Crippen LogP) is 1.29. The van der Waals surface area contributed by atoms with Crippen molar-refractivity contribution in [3.8, 4) is 0 Å². The van der Waals surface area contributed by atoms with Gasteiger partial charge in [-0.25, -0.2) is 0 Å². The minimum absolute atomic E-state index is 0.0356. The van der Waals surface area contributed by atoms with Gasteiger partial charge in [0.25, 0.3) is 0 Å². The molecule has 2 amide bonds. The second-order valence-corrected chi connectivity index (χ2v) is 5.13. The lowest BCUT2D eigenvalue weighted by molar-refractivity contribution is -0.128. The van der Waals surface area contributed by atoms with Crippen LogP contribution in [0.4, 0.5) is 5.69 Å². The predicted molar refractivity (Wildman–Crippen MR) is 76.1 cm³/mol. The Labute approximate surface area is 118 Å². The molecule has 0 saturated carbocycles. The topological polar surface area (TPSA) is 69.6 Å². The number of hydrogen-bond donors (Lipinski definition) is 2. The third kappa shape index (κ3) is 2.99. The molecule has 1 aliphatic heterocycles. The normalized spacial score (nSPS) is 18.4. The summed E-state index contributed by atoms with van der Waals surface area (Å²) in [5.74, 6) is -0.388. The molecule has 1 fully saturated rings. The first kappa shape index (κ1) is 14.5. The number of aliphatic hydroxyl groups excluding tert-OH is 1. The smallest absolute Gasteiger partial charge is 0.229 e. The van der Waals surface area contributed by atoms with Gasteiger partial charge in [0.15, 0.2) is 0 Å². The first-order valence-electron chi connectivity index (χ1n) is 6.84. The average Bonchev–Trinajstić information content (AvgIpc) is 2.82. The van der Waals surface area contributed by atoms with Crippen molar-refractivity contribution in [3.63, 3.8) is 0 Å². The minimum atomic E-state index is -0.292. The number of aryl methyl sites for hydroxylation is 1. The molecule has 1 saturated heterocycles. The number of nitrogens with zero attached hydrogens (tertiary/aromatic N) is 1. The molecule has 1 aromatic rings. The first-order chi connectivity index (χ1) is 9.55. The van der Waals surface area contributed by atoms with Crippen LogP contribution >= 0.6 is 0 Å². The minimum Gasteiger partial charge on any atom is -0.392 e. The van der Waals surface area contributed by atoms with Gasteiger partial charge in [-0.05, 0) is 31.0 Å². The Morgan fingerprint density at radius 1 is 1.50 bits per heavy atom. The molecule has 2 rings (SSSR count). The van der Waals surface area contributed by atoms with Gasteiger partial charge in [-0.15, -0.1) is 0 Å². The molecule has 5 heteroatoms. The van der Waals surface area contributed by atoms with E-state index in [9.17, 15) is 9.59 Å². The zero-order valence-electron chi connectivity index (χ0n) is 11.8. The van der Waals surface area contributed by atoms with Crippen molar-refractivity contribution in [2.75, 3.05) is 18.4 Å². The number of carbonyl (C=O) groups is 2. The molecule has 0 aromatic heterocycles. The maximum atomic E-state index is 12.2. The lowest BCUT2D eigenvalue weighted by Gasteiger charge is -2.15. The van der Waals surface area contributed by atoms with Crippen LogP contribution in [0.25, 0.3) is 0 Å². The summed E-state index contributed by atoms with van der Waals surface area (Å²) in [6.07, 6.45) is 0.276. The van der Waals surface area contributed by atoms with Crippen molar-refractivity contribution < 1.29 is 14.7 Å². The highest BCUT2D eigenvalue weighted by Gasteiger charge is 2.33. The van der Waals surface area contributed by atoms with Gasteiger partial charge in [0.05, 0.1) is 12.5 Å². The largest absolute Gasteiger partial charge is 0.392 e. The van der Waals surface area contributed by atoms with Crippen LogP contribution < -0.4 is 5.32 Å². The van der Waals surface area contributed by atoms with Crippen LogP contribution in [-0.2, 0) is 16.2 Å². The number of carbonyl (C=O) groups excluding carboxylic acids is 2. The summed E-state index contributed by atoms with van der Waals surface area (Å²) in [5.41, 5.74) is 2.39. The van der Waals surface area contributed by atoms with E-state index in [1.165, 1.54) is 0 Å². The summed E-state index contributed by atoms with van der Waals surface area (Å²) in [7, 11) is 0. The summed E-state index contributed by atoms with van der Waals surface area (Å²) in [6.45, 7) is 4.87. The molecule has 2 N–H and O–H groups in total. The zero-order chi connectivity index (χ0) is 14.7. The molecule has 20 heavy (non-hydrogen) atoms. The Kier molecular flexibility index (Phi) is 4.39. The van der Waals surface area contributed by atoms with Crippen LogP contribution in [0, 0.1) is 12.8 Å².